The summed E-state index contributed by atoms with van der Waals surface area (Å²) >= 11 is 0. The van der Waals surface area contributed by atoms with Gasteiger partial charge in [-0.05, 0) is 37.1 Å². The van der Waals surface area contributed by atoms with E-state index < -0.39 is 10.8 Å². The lowest BCUT2D eigenvalue weighted by atomic mass is 10.1. The highest BCUT2D eigenvalue weighted by atomic mass is 16.6. The molecular weight excluding hydrogens is 376 g/mol. The quantitative estimate of drug-likeness (QED) is 0.456. The normalized spacial score (nSPS) is 11.4. The van der Waals surface area contributed by atoms with Crippen LogP contribution in [0, 0.1) is 24.0 Å². The molecular formula is C20H25N4O5+. The van der Waals surface area contributed by atoms with E-state index in [9.17, 15) is 19.7 Å². The molecule has 2 aromatic carbocycles. The fourth-order valence-electron chi connectivity index (χ4n) is 2.90. The number of hydrogen-bond acceptors (Lipinski definition) is 5. The lowest BCUT2D eigenvalue weighted by Gasteiger charge is -2.15. The molecule has 0 spiro atoms. The van der Waals surface area contributed by atoms with Crippen LogP contribution in [0.4, 0.5) is 17.1 Å². The second-order valence-corrected chi connectivity index (χ2v) is 6.81. The van der Waals surface area contributed by atoms with E-state index in [0.29, 0.717) is 10.6 Å². The number of hydrogen-bond donors (Lipinski definition) is 3. The van der Waals surface area contributed by atoms with E-state index in [2.05, 4.69) is 10.6 Å². The Balaban J connectivity index is 1.95. The van der Waals surface area contributed by atoms with E-state index in [1.165, 1.54) is 25.3 Å². The van der Waals surface area contributed by atoms with E-state index in [1.807, 2.05) is 32.0 Å². The minimum absolute atomic E-state index is 0.0244. The number of nitrogens with zero attached hydrogens (tertiary/aromatic N) is 1. The van der Waals surface area contributed by atoms with E-state index in [1.54, 1.807) is 7.05 Å². The summed E-state index contributed by atoms with van der Waals surface area (Å²) in [4.78, 5) is 35.9. The molecule has 1 atom stereocenters. The summed E-state index contributed by atoms with van der Waals surface area (Å²) in [5, 5.41) is 16.6. The van der Waals surface area contributed by atoms with Gasteiger partial charge in [0.25, 0.3) is 17.5 Å². The fraction of sp³-hybridized carbons (Fsp3) is 0.300. The molecule has 3 N–H and O–H groups in total. The van der Waals surface area contributed by atoms with Crippen LogP contribution in [0.2, 0.25) is 0 Å². The van der Waals surface area contributed by atoms with Crippen LogP contribution < -0.4 is 20.3 Å². The molecule has 0 bridgehead atoms. The third-order valence-electron chi connectivity index (χ3n) is 4.35. The van der Waals surface area contributed by atoms with Crippen molar-refractivity contribution in [3.05, 3.63) is 57.6 Å². The van der Waals surface area contributed by atoms with Gasteiger partial charge in [-0.2, -0.15) is 0 Å². The maximum Gasteiger partial charge on any atom is 0.296 e. The van der Waals surface area contributed by atoms with Crippen molar-refractivity contribution in [2.75, 3.05) is 37.9 Å². The van der Waals surface area contributed by atoms with Crippen molar-refractivity contribution in [1.29, 1.82) is 0 Å². The number of anilines is 2. The maximum absolute atomic E-state index is 12.3. The molecule has 0 saturated heterocycles. The SMILES string of the molecule is COc1ccc(NC(=O)C[NH+](C)CC(=O)Nc2c(C)cccc2C)c([N+](=O)[O-])c1. The van der Waals surface area contributed by atoms with Crippen molar-refractivity contribution < 1.29 is 24.1 Å². The van der Waals surface area contributed by atoms with E-state index in [-0.39, 0.29) is 30.4 Å². The number of likely N-dealkylation sites (N-methyl/N-ethyl adjacent to an activating group) is 1. The molecule has 2 aromatic rings. The first-order chi connectivity index (χ1) is 13.7. The van der Waals surface area contributed by atoms with Gasteiger partial charge in [0.2, 0.25) is 0 Å². The summed E-state index contributed by atoms with van der Waals surface area (Å²) in [6.45, 7) is 3.87. The Kier molecular flexibility index (Phi) is 7.27. The molecule has 0 heterocycles. The number of carbonyl (C=O) groups is 2. The van der Waals surface area contributed by atoms with Crippen LogP contribution in [0.3, 0.4) is 0 Å². The number of benzene rings is 2. The van der Waals surface area contributed by atoms with Gasteiger partial charge in [0.05, 0.1) is 25.1 Å². The lowest BCUT2D eigenvalue weighted by Crippen LogP contribution is -3.11. The Morgan fingerprint density at radius 2 is 1.66 bits per heavy atom. The standard InChI is InChI=1S/C20H24N4O5/c1-13-6-5-7-14(2)20(13)22-19(26)12-23(3)11-18(25)21-16-9-8-15(29-4)10-17(16)24(27)28/h5-10H,11-12H2,1-4H3,(H,21,25)(H,22,26)/p+1. The zero-order valence-corrected chi connectivity index (χ0v) is 16.9. The predicted molar refractivity (Wildman–Crippen MR) is 109 cm³/mol. The molecule has 29 heavy (non-hydrogen) atoms. The van der Waals surface area contributed by atoms with Gasteiger partial charge in [-0.3, -0.25) is 19.7 Å². The van der Waals surface area contributed by atoms with Gasteiger partial charge in [-0.25, -0.2) is 0 Å². The number of quaternary nitrogens is 1. The Morgan fingerprint density at radius 3 is 2.21 bits per heavy atom. The van der Waals surface area contributed by atoms with Crippen molar-refractivity contribution in [3.8, 4) is 5.75 Å². The van der Waals surface area contributed by atoms with E-state index in [4.69, 9.17) is 4.74 Å². The molecule has 2 amide bonds. The minimum Gasteiger partial charge on any atom is -0.496 e. The molecule has 1 unspecified atom stereocenters. The average molecular weight is 401 g/mol. The highest BCUT2D eigenvalue weighted by Crippen LogP contribution is 2.28. The number of carbonyl (C=O) groups excluding carboxylic acids is 2. The van der Waals surface area contributed by atoms with Gasteiger partial charge in [-0.1, -0.05) is 18.2 Å². The van der Waals surface area contributed by atoms with Crippen molar-refractivity contribution in [2.45, 2.75) is 13.8 Å². The number of aryl methyl sites for hydroxylation is 2. The number of amides is 2. The van der Waals surface area contributed by atoms with Crippen LogP contribution in [0.5, 0.6) is 5.75 Å². The number of ether oxygens (including phenoxy) is 1. The molecule has 0 fully saturated rings. The summed E-state index contributed by atoms with van der Waals surface area (Å²) < 4.78 is 4.97. The fourth-order valence-corrected chi connectivity index (χ4v) is 2.90. The first-order valence-corrected chi connectivity index (χ1v) is 9.01. The Morgan fingerprint density at radius 1 is 1.07 bits per heavy atom. The highest BCUT2D eigenvalue weighted by Gasteiger charge is 2.20. The van der Waals surface area contributed by atoms with Crippen LogP contribution >= 0.6 is 0 Å². The minimum atomic E-state index is -0.591. The van der Waals surface area contributed by atoms with Crippen LogP contribution in [-0.4, -0.2) is 44.0 Å². The molecule has 0 saturated carbocycles. The van der Waals surface area contributed by atoms with Crippen LogP contribution in [0.25, 0.3) is 0 Å². The third kappa shape index (κ3) is 6.01. The van der Waals surface area contributed by atoms with E-state index >= 15 is 0 Å². The van der Waals surface area contributed by atoms with Crippen molar-refractivity contribution in [1.82, 2.24) is 0 Å². The monoisotopic (exact) mass is 401 g/mol. The summed E-state index contributed by atoms with van der Waals surface area (Å²) in [5.74, 6) is -0.334. The van der Waals surface area contributed by atoms with Gasteiger partial charge in [-0.15, -0.1) is 0 Å². The van der Waals surface area contributed by atoms with Crippen molar-refractivity contribution in [2.24, 2.45) is 0 Å². The highest BCUT2D eigenvalue weighted by molar-refractivity contribution is 5.95. The zero-order valence-electron chi connectivity index (χ0n) is 16.9. The number of nitro groups is 1. The van der Waals surface area contributed by atoms with Crippen molar-refractivity contribution >= 4 is 28.9 Å². The molecule has 154 valence electrons. The summed E-state index contributed by atoms with van der Waals surface area (Å²) in [6.07, 6.45) is 0. The van der Waals surface area contributed by atoms with Crippen molar-refractivity contribution in [3.63, 3.8) is 0 Å². The largest absolute Gasteiger partial charge is 0.496 e. The Hall–Kier alpha value is -3.46. The summed E-state index contributed by atoms with van der Waals surface area (Å²) in [5.41, 5.74) is 2.50. The van der Waals surface area contributed by atoms with Gasteiger partial charge < -0.3 is 20.3 Å². The number of nitro benzene ring substituents is 1. The van der Waals surface area contributed by atoms with E-state index in [0.717, 1.165) is 16.8 Å². The maximum atomic E-state index is 12.3. The smallest absolute Gasteiger partial charge is 0.296 e. The van der Waals surface area contributed by atoms with Gasteiger partial charge in [0.1, 0.15) is 11.4 Å². The molecule has 0 aromatic heterocycles. The summed E-state index contributed by atoms with van der Waals surface area (Å²) in [6, 6.07) is 9.92. The molecule has 2 rings (SSSR count). The Labute approximate surface area is 168 Å². The molecule has 0 aliphatic rings. The first kappa shape index (κ1) is 21.8. The van der Waals surface area contributed by atoms with Gasteiger partial charge in [0.15, 0.2) is 13.1 Å². The molecule has 0 aliphatic carbocycles. The average Bonchev–Trinajstić information content (AvgIpc) is 2.64. The second-order valence-electron chi connectivity index (χ2n) is 6.81. The first-order valence-electron chi connectivity index (χ1n) is 9.01. The number of para-hydroxylation sites is 1. The number of rotatable bonds is 8. The second kappa shape index (κ2) is 9.65. The molecule has 0 radical (unpaired) electrons. The third-order valence-corrected chi connectivity index (χ3v) is 4.35. The summed E-state index contributed by atoms with van der Waals surface area (Å²) in [7, 11) is 3.10. The predicted octanol–water partition coefficient (Wildman–Crippen LogP) is 1.31. The zero-order chi connectivity index (χ0) is 21.6. The molecule has 9 heteroatoms. The number of methoxy groups -OCH3 is 1. The topological polar surface area (TPSA) is 115 Å². The van der Waals surface area contributed by atoms with Crippen LogP contribution in [0.1, 0.15) is 11.1 Å². The number of nitrogens with one attached hydrogen (secondary N) is 3. The van der Waals surface area contributed by atoms with Crippen LogP contribution in [-0.2, 0) is 9.59 Å². The Bertz CT molecular complexity index is 909. The van der Waals surface area contributed by atoms with Crippen LogP contribution in [0.15, 0.2) is 36.4 Å². The van der Waals surface area contributed by atoms with Gasteiger partial charge in [0, 0.05) is 5.69 Å². The van der Waals surface area contributed by atoms with Gasteiger partial charge >= 0.3 is 0 Å². The lowest BCUT2D eigenvalue weighted by molar-refractivity contribution is -0.862. The molecule has 0 aliphatic heterocycles. The molecule has 9 nitrogen and oxygen atoms in total.